The minimum atomic E-state index is -0.985. The average Bonchev–Trinajstić information content (AvgIpc) is 2.17. The molecule has 0 heterocycles. The van der Waals surface area contributed by atoms with Crippen LogP contribution in [0.25, 0.3) is 0 Å². The molecule has 0 saturated heterocycles. The van der Waals surface area contributed by atoms with E-state index >= 15 is 0 Å². The highest BCUT2D eigenvalue weighted by atomic mass is 16.4. The van der Waals surface area contributed by atoms with Gasteiger partial charge in [-0.3, -0.25) is 4.79 Å². The number of aromatic carboxylic acids is 1. The Kier molecular flexibility index (Phi) is 3.57. The molecule has 0 fully saturated rings. The number of carboxylic acids is 1. The van der Waals surface area contributed by atoms with Crippen LogP contribution in [0.3, 0.4) is 0 Å². The van der Waals surface area contributed by atoms with Crippen molar-refractivity contribution in [2.75, 3.05) is 20.6 Å². The molecule has 80 valence electrons. The van der Waals surface area contributed by atoms with Crippen LogP contribution >= 0.6 is 0 Å². The zero-order valence-corrected chi connectivity index (χ0v) is 8.73. The number of carbonyl (C=O) groups excluding carboxylic acids is 1. The highest BCUT2D eigenvalue weighted by Crippen LogP contribution is 2.05. The molecule has 15 heavy (non-hydrogen) atoms. The van der Waals surface area contributed by atoms with Crippen LogP contribution < -0.4 is 0 Å². The first-order chi connectivity index (χ1) is 7.00. The molecule has 0 aliphatic rings. The number of nitrogens with zero attached hydrogens (tertiary/aromatic N) is 1. The normalized spacial score (nSPS) is 10.3. The molecule has 4 heteroatoms. The molecular weight excluding hydrogens is 194 g/mol. The second-order valence-corrected chi connectivity index (χ2v) is 3.54. The molecule has 0 spiro atoms. The summed E-state index contributed by atoms with van der Waals surface area (Å²) < 4.78 is 0. The molecule has 1 N–H and O–H groups in total. The Labute approximate surface area is 88.1 Å². The summed E-state index contributed by atoms with van der Waals surface area (Å²) >= 11 is 0. The molecular formula is C11H13NO3. The van der Waals surface area contributed by atoms with Gasteiger partial charge < -0.3 is 10.0 Å². The number of likely N-dealkylation sites (N-methyl/N-ethyl adjacent to an activating group) is 1. The first-order valence-electron chi connectivity index (χ1n) is 4.52. The number of carbonyl (C=O) groups is 2. The smallest absolute Gasteiger partial charge is 0.335 e. The highest BCUT2D eigenvalue weighted by molar-refractivity contribution is 5.98. The van der Waals surface area contributed by atoms with Crippen molar-refractivity contribution in [2.24, 2.45) is 0 Å². The Hall–Kier alpha value is -1.68. The van der Waals surface area contributed by atoms with Crippen LogP contribution in [-0.2, 0) is 0 Å². The third-order valence-electron chi connectivity index (χ3n) is 1.91. The van der Waals surface area contributed by atoms with Crippen molar-refractivity contribution >= 4 is 11.8 Å². The topological polar surface area (TPSA) is 57.6 Å². The number of rotatable bonds is 4. The number of ketones is 1. The van der Waals surface area contributed by atoms with E-state index in [1.165, 1.54) is 24.3 Å². The molecule has 0 amide bonds. The molecule has 0 radical (unpaired) electrons. The van der Waals surface area contributed by atoms with Gasteiger partial charge in [-0.1, -0.05) is 12.1 Å². The maximum atomic E-state index is 11.5. The van der Waals surface area contributed by atoms with Gasteiger partial charge >= 0.3 is 5.97 Å². The quantitative estimate of drug-likeness (QED) is 0.752. The number of benzene rings is 1. The van der Waals surface area contributed by atoms with E-state index in [2.05, 4.69) is 0 Å². The Bertz CT molecular complexity index is 368. The fourth-order valence-corrected chi connectivity index (χ4v) is 1.18. The minimum absolute atomic E-state index is 0.0167. The number of hydrogen-bond acceptors (Lipinski definition) is 3. The maximum absolute atomic E-state index is 11.5. The zero-order valence-electron chi connectivity index (χ0n) is 8.73. The Morgan fingerprint density at radius 3 is 2.00 bits per heavy atom. The van der Waals surface area contributed by atoms with E-state index < -0.39 is 5.97 Å². The summed E-state index contributed by atoms with van der Waals surface area (Å²) in [5, 5.41) is 8.67. The summed E-state index contributed by atoms with van der Waals surface area (Å²) in [5.74, 6) is -1.00. The summed E-state index contributed by atoms with van der Waals surface area (Å²) in [6, 6.07) is 5.95. The second kappa shape index (κ2) is 4.70. The molecule has 1 aromatic rings. The molecule has 1 rings (SSSR count). The molecule has 4 nitrogen and oxygen atoms in total. The van der Waals surface area contributed by atoms with E-state index in [4.69, 9.17) is 5.11 Å². The van der Waals surface area contributed by atoms with Gasteiger partial charge in [0.1, 0.15) is 0 Å². The van der Waals surface area contributed by atoms with E-state index in [0.29, 0.717) is 12.1 Å². The second-order valence-electron chi connectivity index (χ2n) is 3.54. The van der Waals surface area contributed by atoms with Gasteiger partial charge in [0.2, 0.25) is 0 Å². The summed E-state index contributed by atoms with van der Waals surface area (Å²) in [7, 11) is 3.62. The largest absolute Gasteiger partial charge is 0.478 e. The van der Waals surface area contributed by atoms with Gasteiger partial charge in [0, 0.05) is 5.56 Å². The van der Waals surface area contributed by atoms with Crippen molar-refractivity contribution in [3.05, 3.63) is 35.4 Å². The predicted octanol–water partition coefficient (Wildman–Crippen LogP) is 1.13. The third-order valence-corrected chi connectivity index (χ3v) is 1.91. The number of Topliss-reactive ketones (excluding diaryl/α,β-unsaturated/α-hetero) is 1. The molecule has 0 aromatic heterocycles. The lowest BCUT2D eigenvalue weighted by atomic mass is 10.1. The van der Waals surface area contributed by atoms with Crippen molar-refractivity contribution in [1.82, 2.24) is 4.90 Å². The van der Waals surface area contributed by atoms with Gasteiger partial charge in [-0.05, 0) is 26.2 Å². The first kappa shape index (κ1) is 11.4. The van der Waals surface area contributed by atoms with Gasteiger partial charge in [-0.25, -0.2) is 4.79 Å². The van der Waals surface area contributed by atoms with E-state index in [0.717, 1.165) is 0 Å². The van der Waals surface area contributed by atoms with Crippen molar-refractivity contribution in [3.63, 3.8) is 0 Å². The molecule has 0 atom stereocenters. The zero-order chi connectivity index (χ0) is 11.4. The van der Waals surface area contributed by atoms with Gasteiger partial charge in [-0.15, -0.1) is 0 Å². The summed E-state index contributed by atoms with van der Waals surface area (Å²) in [6.45, 7) is 0.326. The Morgan fingerprint density at radius 1 is 1.13 bits per heavy atom. The van der Waals surface area contributed by atoms with Crippen LogP contribution in [0.1, 0.15) is 20.7 Å². The lowest BCUT2D eigenvalue weighted by Crippen LogP contribution is -2.21. The van der Waals surface area contributed by atoms with Crippen molar-refractivity contribution in [3.8, 4) is 0 Å². The highest BCUT2D eigenvalue weighted by Gasteiger charge is 2.08. The minimum Gasteiger partial charge on any atom is -0.478 e. The van der Waals surface area contributed by atoms with Gasteiger partial charge in [0.15, 0.2) is 5.78 Å². The number of carboxylic acid groups (broad SMARTS) is 1. The average molecular weight is 207 g/mol. The van der Waals surface area contributed by atoms with E-state index in [-0.39, 0.29) is 11.3 Å². The van der Waals surface area contributed by atoms with E-state index in [1.807, 2.05) is 14.1 Å². The predicted molar refractivity (Wildman–Crippen MR) is 56.3 cm³/mol. The summed E-state index contributed by atoms with van der Waals surface area (Å²) in [6.07, 6.45) is 0. The van der Waals surface area contributed by atoms with E-state index in [1.54, 1.807) is 4.90 Å². The molecule has 0 unspecified atom stereocenters. The fraction of sp³-hybridized carbons (Fsp3) is 0.273. The molecule has 0 saturated carbocycles. The third kappa shape index (κ3) is 3.18. The number of hydrogen-bond donors (Lipinski definition) is 1. The van der Waals surface area contributed by atoms with E-state index in [9.17, 15) is 9.59 Å². The fourth-order valence-electron chi connectivity index (χ4n) is 1.18. The van der Waals surface area contributed by atoms with Crippen LogP contribution in [0, 0.1) is 0 Å². The van der Waals surface area contributed by atoms with Crippen molar-refractivity contribution in [1.29, 1.82) is 0 Å². The Morgan fingerprint density at radius 2 is 1.60 bits per heavy atom. The van der Waals surface area contributed by atoms with Crippen LogP contribution in [0.5, 0.6) is 0 Å². The standard InChI is InChI=1S/C11H13NO3/c1-12(2)7-10(13)8-3-5-9(6-4-8)11(14)15/h3-6H,7H2,1-2H3,(H,14,15). The van der Waals surface area contributed by atoms with Crippen molar-refractivity contribution < 1.29 is 14.7 Å². The molecule has 0 aliphatic carbocycles. The summed E-state index contributed by atoms with van der Waals surface area (Å²) in [5.41, 5.74) is 0.727. The molecule has 0 bridgehead atoms. The maximum Gasteiger partial charge on any atom is 0.335 e. The molecule has 1 aromatic carbocycles. The van der Waals surface area contributed by atoms with Crippen LogP contribution in [0.15, 0.2) is 24.3 Å². The Balaban J connectivity index is 2.80. The lowest BCUT2D eigenvalue weighted by molar-refractivity contribution is 0.0696. The van der Waals surface area contributed by atoms with Crippen LogP contribution in [-0.4, -0.2) is 42.4 Å². The first-order valence-corrected chi connectivity index (χ1v) is 4.52. The van der Waals surface area contributed by atoms with Crippen molar-refractivity contribution in [2.45, 2.75) is 0 Å². The van der Waals surface area contributed by atoms with Gasteiger partial charge in [-0.2, -0.15) is 0 Å². The molecule has 0 aliphatic heterocycles. The lowest BCUT2D eigenvalue weighted by Gasteiger charge is -2.08. The van der Waals surface area contributed by atoms with Gasteiger partial charge in [0.25, 0.3) is 0 Å². The SMILES string of the molecule is CN(C)CC(=O)c1ccc(C(=O)O)cc1. The monoisotopic (exact) mass is 207 g/mol. The summed E-state index contributed by atoms with van der Waals surface area (Å²) in [4.78, 5) is 23.9. The van der Waals surface area contributed by atoms with Gasteiger partial charge in [0.05, 0.1) is 12.1 Å². The van der Waals surface area contributed by atoms with Crippen LogP contribution in [0.4, 0.5) is 0 Å². The van der Waals surface area contributed by atoms with Crippen LogP contribution in [0.2, 0.25) is 0 Å².